The number of amides is 1. The zero-order valence-corrected chi connectivity index (χ0v) is 13.9. The lowest BCUT2D eigenvalue weighted by molar-refractivity contribution is -0.131. The minimum Gasteiger partial charge on any atom is -0.341 e. The quantitative estimate of drug-likeness (QED) is 0.945. The van der Waals surface area contributed by atoms with E-state index in [4.69, 9.17) is 5.73 Å². The fourth-order valence-electron chi connectivity index (χ4n) is 4.40. The van der Waals surface area contributed by atoms with Crippen LogP contribution in [0.2, 0.25) is 0 Å². The summed E-state index contributed by atoms with van der Waals surface area (Å²) in [7, 11) is 0. The minimum atomic E-state index is 0.0362. The van der Waals surface area contributed by atoms with Crippen LogP contribution in [-0.2, 0) is 11.2 Å². The third-order valence-corrected chi connectivity index (χ3v) is 5.71. The molecule has 0 spiro atoms. The zero-order valence-electron chi connectivity index (χ0n) is 13.9. The van der Waals surface area contributed by atoms with Crippen molar-refractivity contribution in [1.29, 1.82) is 0 Å². The number of fused-ring (bicyclic) bond motifs is 1. The molecule has 1 unspecified atom stereocenters. The molecule has 0 radical (unpaired) electrons. The van der Waals surface area contributed by atoms with Crippen LogP contribution in [0, 0.1) is 5.92 Å². The van der Waals surface area contributed by atoms with Gasteiger partial charge in [-0.05, 0) is 42.0 Å². The molecule has 2 N–H and O–H groups in total. The maximum atomic E-state index is 13.1. The Morgan fingerprint density at radius 2 is 1.79 bits per heavy atom. The van der Waals surface area contributed by atoms with Crippen molar-refractivity contribution < 1.29 is 4.79 Å². The first kappa shape index (κ1) is 15.4. The summed E-state index contributed by atoms with van der Waals surface area (Å²) in [6.07, 6.45) is 1.96. The third-order valence-electron chi connectivity index (χ3n) is 5.71. The van der Waals surface area contributed by atoms with E-state index in [9.17, 15) is 4.79 Å². The van der Waals surface area contributed by atoms with E-state index < -0.39 is 0 Å². The van der Waals surface area contributed by atoms with Crippen LogP contribution in [0.1, 0.15) is 34.9 Å². The standard InChI is InChI=1S/C21H24N2O/c22-12-17-13-23(14-20(17)15-6-2-1-3-7-15)21(24)19-11-10-16-8-4-5-9-18(16)19/h1-9,17,19-20H,10-14,22H2/t17-,19?,20+/m1/s1. The number of likely N-dealkylation sites (tertiary alicyclic amines) is 1. The molecule has 24 heavy (non-hydrogen) atoms. The van der Waals surface area contributed by atoms with Crippen molar-refractivity contribution >= 4 is 5.91 Å². The second-order valence-electron chi connectivity index (χ2n) is 7.05. The minimum absolute atomic E-state index is 0.0362. The number of benzene rings is 2. The molecule has 0 aromatic heterocycles. The number of rotatable bonds is 3. The molecule has 2 aliphatic rings. The summed E-state index contributed by atoms with van der Waals surface area (Å²) < 4.78 is 0. The summed E-state index contributed by atoms with van der Waals surface area (Å²) in [6.45, 7) is 2.21. The monoisotopic (exact) mass is 320 g/mol. The van der Waals surface area contributed by atoms with Gasteiger partial charge < -0.3 is 10.6 Å². The van der Waals surface area contributed by atoms with Crippen molar-refractivity contribution in [1.82, 2.24) is 4.90 Å². The number of aryl methyl sites for hydroxylation is 1. The molecule has 3 nitrogen and oxygen atoms in total. The molecule has 2 aromatic carbocycles. The fourth-order valence-corrected chi connectivity index (χ4v) is 4.40. The number of carbonyl (C=O) groups is 1. The number of carbonyl (C=O) groups excluding carboxylic acids is 1. The van der Waals surface area contributed by atoms with Crippen LogP contribution in [0.5, 0.6) is 0 Å². The molecule has 3 atom stereocenters. The SMILES string of the molecule is NC[C@@H]1CN(C(=O)C2CCc3ccccc32)C[C@H]1c1ccccc1. The topological polar surface area (TPSA) is 46.3 Å². The summed E-state index contributed by atoms with van der Waals surface area (Å²) in [5.74, 6) is 1.04. The van der Waals surface area contributed by atoms with Gasteiger partial charge in [-0.3, -0.25) is 4.79 Å². The Morgan fingerprint density at radius 3 is 2.58 bits per heavy atom. The van der Waals surface area contributed by atoms with Gasteiger partial charge in [0.15, 0.2) is 0 Å². The molecule has 1 fully saturated rings. The van der Waals surface area contributed by atoms with E-state index in [0.29, 0.717) is 18.4 Å². The summed E-state index contributed by atoms with van der Waals surface area (Å²) in [5.41, 5.74) is 9.89. The first-order chi connectivity index (χ1) is 11.8. The highest BCUT2D eigenvalue weighted by Gasteiger charge is 2.39. The molecule has 0 saturated carbocycles. The van der Waals surface area contributed by atoms with E-state index in [1.54, 1.807) is 0 Å². The van der Waals surface area contributed by atoms with E-state index in [0.717, 1.165) is 25.9 Å². The molecule has 3 heteroatoms. The summed E-state index contributed by atoms with van der Waals surface area (Å²) in [6, 6.07) is 18.9. The Kier molecular flexibility index (Phi) is 4.11. The predicted octanol–water partition coefficient (Wildman–Crippen LogP) is 2.92. The Bertz CT molecular complexity index is 728. The van der Waals surface area contributed by atoms with Gasteiger partial charge in [-0.25, -0.2) is 0 Å². The molecule has 4 rings (SSSR count). The lowest BCUT2D eigenvalue weighted by Gasteiger charge is -2.21. The smallest absolute Gasteiger partial charge is 0.230 e. The molecule has 1 aliphatic heterocycles. The number of nitrogens with zero attached hydrogens (tertiary/aromatic N) is 1. The molecule has 1 amide bonds. The van der Waals surface area contributed by atoms with Crippen LogP contribution in [0.3, 0.4) is 0 Å². The van der Waals surface area contributed by atoms with Gasteiger partial charge in [0.2, 0.25) is 5.91 Å². The van der Waals surface area contributed by atoms with Crippen LogP contribution in [0.4, 0.5) is 0 Å². The Balaban J connectivity index is 1.54. The first-order valence-corrected chi connectivity index (χ1v) is 8.89. The van der Waals surface area contributed by atoms with E-state index in [2.05, 4.69) is 47.4 Å². The Morgan fingerprint density at radius 1 is 1.04 bits per heavy atom. The van der Waals surface area contributed by atoms with Gasteiger partial charge in [0, 0.05) is 19.0 Å². The van der Waals surface area contributed by atoms with Crippen molar-refractivity contribution in [3.05, 3.63) is 71.3 Å². The lowest BCUT2D eigenvalue weighted by atomic mass is 9.89. The predicted molar refractivity (Wildman–Crippen MR) is 95.8 cm³/mol. The van der Waals surface area contributed by atoms with E-state index >= 15 is 0 Å². The largest absolute Gasteiger partial charge is 0.341 e. The van der Waals surface area contributed by atoms with Gasteiger partial charge in [0.1, 0.15) is 0 Å². The highest BCUT2D eigenvalue weighted by atomic mass is 16.2. The van der Waals surface area contributed by atoms with Gasteiger partial charge in [-0.15, -0.1) is 0 Å². The maximum absolute atomic E-state index is 13.1. The van der Waals surface area contributed by atoms with E-state index in [1.165, 1.54) is 16.7 Å². The zero-order chi connectivity index (χ0) is 16.5. The highest BCUT2D eigenvalue weighted by molar-refractivity contribution is 5.85. The van der Waals surface area contributed by atoms with Gasteiger partial charge in [-0.1, -0.05) is 54.6 Å². The van der Waals surface area contributed by atoms with E-state index in [-0.39, 0.29) is 11.8 Å². The van der Waals surface area contributed by atoms with Gasteiger partial charge in [-0.2, -0.15) is 0 Å². The van der Waals surface area contributed by atoms with Crippen LogP contribution in [-0.4, -0.2) is 30.4 Å². The summed E-state index contributed by atoms with van der Waals surface area (Å²) in [4.78, 5) is 15.2. The average molecular weight is 320 g/mol. The van der Waals surface area contributed by atoms with Crippen molar-refractivity contribution in [2.45, 2.75) is 24.7 Å². The molecule has 1 saturated heterocycles. The fraction of sp³-hybridized carbons (Fsp3) is 0.381. The molecule has 124 valence electrons. The van der Waals surface area contributed by atoms with Crippen molar-refractivity contribution in [2.24, 2.45) is 11.7 Å². The van der Waals surface area contributed by atoms with Crippen LogP contribution >= 0.6 is 0 Å². The molecular formula is C21H24N2O. The number of hydrogen-bond donors (Lipinski definition) is 1. The van der Waals surface area contributed by atoms with Gasteiger partial charge >= 0.3 is 0 Å². The lowest BCUT2D eigenvalue weighted by Crippen LogP contribution is -2.33. The summed E-state index contributed by atoms with van der Waals surface area (Å²) >= 11 is 0. The molecular weight excluding hydrogens is 296 g/mol. The number of nitrogens with two attached hydrogens (primary N) is 1. The highest BCUT2D eigenvalue weighted by Crippen LogP contribution is 2.38. The van der Waals surface area contributed by atoms with Crippen molar-refractivity contribution in [3.8, 4) is 0 Å². The first-order valence-electron chi connectivity index (χ1n) is 8.89. The second-order valence-corrected chi connectivity index (χ2v) is 7.05. The molecule has 0 bridgehead atoms. The maximum Gasteiger partial charge on any atom is 0.230 e. The molecule has 1 aliphatic carbocycles. The molecule has 1 heterocycles. The molecule has 2 aromatic rings. The third kappa shape index (κ3) is 2.63. The van der Waals surface area contributed by atoms with Crippen molar-refractivity contribution in [3.63, 3.8) is 0 Å². The Hall–Kier alpha value is -2.13. The van der Waals surface area contributed by atoms with Crippen LogP contribution in [0.25, 0.3) is 0 Å². The van der Waals surface area contributed by atoms with Gasteiger partial charge in [0.25, 0.3) is 0 Å². The normalized spacial score (nSPS) is 25.7. The van der Waals surface area contributed by atoms with Gasteiger partial charge in [0.05, 0.1) is 5.92 Å². The van der Waals surface area contributed by atoms with Crippen LogP contribution in [0.15, 0.2) is 54.6 Å². The second kappa shape index (κ2) is 6.40. The van der Waals surface area contributed by atoms with Crippen LogP contribution < -0.4 is 5.73 Å². The number of hydrogen-bond acceptors (Lipinski definition) is 2. The van der Waals surface area contributed by atoms with E-state index in [1.807, 2.05) is 12.1 Å². The van der Waals surface area contributed by atoms with Crippen molar-refractivity contribution in [2.75, 3.05) is 19.6 Å². The Labute approximate surface area is 143 Å². The average Bonchev–Trinajstić information content (AvgIpc) is 3.26. The summed E-state index contributed by atoms with van der Waals surface area (Å²) in [5, 5.41) is 0.